The molecule has 1 aromatic rings. The fourth-order valence-electron chi connectivity index (χ4n) is 2.60. The largest absolute Gasteiger partial charge is 0.355 e. The van der Waals surface area contributed by atoms with Crippen LogP contribution >= 0.6 is 0 Å². The van der Waals surface area contributed by atoms with Crippen molar-refractivity contribution in [2.75, 3.05) is 6.54 Å². The number of aryl methyl sites for hydroxylation is 1. The van der Waals surface area contributed by atoms with Crippen molar-refractivity contribution >= 4 is 11.8 Å². The van der Waals surface area contributed by atoms with E-state index in [0.717, 1.165) is 24.8 Å². The van der Waals surface area contributed by atoms with Gasteiger partial charge in [0, 0.05) is 13.1 Å². The van der Waals surface area contributed by atoms with Gasteiger partial charge in [-0.2, -0.15) is 0 Å². The molecule has 1 saturated carbocycles. The third-order valence-electron chi connectivity index (χ3n) is 4.22. The van der Waals surface area contributed by atoms with E-state index in [1.807, 2.05) is 31.2 Å². The Labute approximate surface area is 132 Å². The van der Waals surface area contributed by atoms with Gasteiger partial charge in [0.25, 0.3) is 0 Å². The van der Waals surface area contributed by atoms with Crippen LogP contribution in [-0.4, -0.2) is 18.4 Å². The molecule has 1 aliphatic rings. The molecular weight excluding hydrogens is 276 g/mol. The van der Waals surface area contributed by atoms with Crippen LogP contribution in [0.2, 0.25) is 0 Å². The summed E-state index contributed by atoms with van der Waals surface area (Å²) in [6.45, 7) is 5.30. The van der Waals surface area contributed by atoms with Crippen molar-refractivity contribution in [1.29, 1.82) is 0 Å². The summed E-state index contributed by atoms with van der Waals surface area (Å²) in [5, 5.41) is 5.82. The lowest BCUT2D eigenvalue weighted by Gasteiger charge is -2.15. The molecular formula is C18H26N2O2. The summed E-state index contributed by atoms with van der Waals surface area (Å²) >= 11 is 0. The fraction of sp³-hybridized carbons (Fsp3) is 0.556. The van der Waals surface area contributed by atoms with Gasteiger partial charge in [-0.1, -0.05) is 49.6 Å². The topological polar surface area (TPSA) is 58.2 Å². The summed E-state index contributed by atoms with van der Waals surface area (Å²) < 4.78 is 0. The Kier molecular flexibility index (Phi) is 5.58. The lowest BCUT2D eigenvalue weighted by molar-refractivity contribution is -0.137. The number of hydrogen-bond donors (Lipinski definition) is 2. The Balaban J connectivity index is 1.82. The van der Waals surface area contributed by atoms with Gasteiger partial charge in [0.2, 0.25) is 11.8 Å². The molecule has 0 bridgehead atoms. The maximum atomic E-state index is 12.3. The van der Waals surface area contributed by atoms with Crippen molar-refractivity contribution in [2.24, 2.45) is 5.41 Å². The predicted molar refractivity (Wildman–Crippen MR) is 87.2 cm³/mol. The molecule has 1 aliphatic carbocycles. The third kappa shape index (κ3) is 4.09. The van der Waals surface area contributed by atoms with Gasteiger partial charge in [-0.25, -0.2) is 0 Å². The van der Waals surface area contributed by atoms with Crippen LogP contribution in [-0.2, 0) is 16.1 Å². The maximum absolute atomic E-state index is 12.3. The van der Waals surface area contributed by atoms with E-state index in [-0.39, 0.29) is 11.8 Å². The zero-order valence-electron chi connectivity index (χ0n) is 13.6. The summed E-state index contributed by atoms with van der Waals surface area (Å²) in [6, 6.07) is 8.03. The van der Waals surface area contributed by atoms with Gasteiger partial charge in [0.05, 0.1) is 0 Å². The summed E-state index contributed by atoms with van der Waals surface area (Å²) in [4.78, 5) is 24.6. The molecule has 2 amide bonds. The third-order valence-corrected chi connectivity index (χ3v) is 4.22. The standard InChI is InChI=1S/C18H26N2O2/c1-3-4-5-11-19-16(21)18(9-10-18)17(22)20-13-15-8-6-7-14(2)12-15/h6-8,12H,3-5,9-11,13H2,1-2H3,(H,19,21)(H,20,22). The number of benzene rings is 1. The molecule has 2 N–H and O–H groups in total. The number of hydrogen-bond acceptors (Lipinski definition) is 2. The quantitative estimate of drug-likeness (QED) is 0.573. The van der Waals surface area contributed by atoms with Crippen LogP contribution in [0.25, 0.3) is 0 Å². The van der Waals surface area contributed by atoms with E-state index in [1.54, 1.807) is 0 Å². The minimum Gasteiger partial charge on any atom is -0.355 e. The van der Waals surface area contributed by atoms with E-state index in [0.29, 0.717) is 25.9 Å². The smallest absolute Gasteiger partial charge is 0.235 e. The average Bonchev–Trinajstić information content (AvgIpc) is 3.31. The Bertz CT molecular complexity index is 536. The highest BCUT2D eigenvalue weighted by atomic mass is 16.2. The second-order valence-electron chi connectivity index (χ2n) is 6.22. The highest BCUT2D eigenvalue weighted by Crippen LogP contribution is 2.46. The van der Waals surface area contributed by atoms with E-state index in [1.165, 1.54) is 5.56 Å². The number of amides is 2. The van der Waals surface area contributed by atoms with Crippen LogP contribution in [0.1, 0.15) is 50.2 Å². The van der Waals surface area contributed by atoms with Crippen LogP contribution in [0.4, 0.5) is 0 Å². The van der Waals surface area contributed by atoms with Gasteiger partial charge in [-0.15, -0.1) is 0 Å². The van der Waals surface area contributed by atoms with Gasteiger partial charge >= 0.3 is 0 Å². The van der Waals surface area contributed by atoms with Crippen molar-refractivity contribution in [3.63, 3.8) is 0 Å². The number of nitrogens with one attached hydrogen (secondary N) is 2. The minimum absolute atomic E-state index is 0.106. The fourth-order valence-corrected chi connectivity index (χ4v) is 2.60. The first kappa shape index (κ1) is 16.5. The Morgan fingerprint density at radius 2 is 1.86 bits per heavy atom. The average molecular weight is 302 g/mol. The summed E-state index contributed by atoms with van der Waals surface area (Å²) in [5.74, 6) is -0.243. The minimum atomic E-state index is -0.809. The maximum Gasteiger partial charge on any atom is 0.235 e. The highest BCUT2D eigenvalue weighted by molar-refractivity contribution is 6.07. The normalized spacial score (nSPS) is 15.2. The summed E-state index contributed by atoms with van der Waals surface area (Å²) in [6.07, 6.45) is 4.52. The van der Waals surface area contributed by atoms with Crippen LogP contribution in [0.15, 0.2) is 24.3 Å². The van der Waals surface area contributed by atoms with Crippen molar-refractivity contribution in [3.05, 3.63) is 35.4 Å². The molecule has 0 heterocycles. The lowest BCUT2D eigenvalue weighted by Crippen LogP contribution is -2.43. The molecule has 4 heteroatoms. The van der Waals surface area contributed by atoms with E-state index in [4.69, 9.17) is 0 Å². The number of carbonyl (C=O) groups excluding carboxylic acids is 2. The van der Waals surface area contributed by atoms with Gasteiger partial charge in [-0.3, -0.25) is 9.59 Å². The van der Waals surface area contributed by atoms with E-state index >= 15 is 0 Å². The van der Waals surface area contributed by atoms with E-state index in [9.17, 15) is 9.59 Å². The van der Waals surface area contributed by atoms with Gasteiger partial charge in [-0.05, 0) is 31.7 Å². The monoisotopic (exact) mass is 302 g/mol. The Hall–Kier alpha value is -1.84. The predicted octanol–water partition coefficient (Wildman–Crippen LogP) is 2.70. The molecule has 0 atom stereocenters. The highest BCUT2D eigenvalue weighted by Gasteiger charge is 2.56. The molecule has 0 saturated heterocycles. The van der Waals surface area contributed by atoms with Crippen molar-refractivity contribution in [2.45, 2.75) is 52.5 Å². The first-order chi connectivity index (χ1) is 10.6. The second-order valence-corrected chi connectivity index (χ2v) is 6.22. The Morgan fingerprint density at radius 3 is 2.50 bits per heavy atom. The molecule has 0 aliphatic heterocycles. The van der Waals surface area contributed by atoms with Crippen molar-refractivity contribution in [3.8, 4) is 0 Å². The molecule has 4 nitrogen and oxygen atoms in total. The molecule has 0 unspecified atom stereocenters. The first-order valence-corrected chi connectivity index (χ1v) is 8.20. The zero-order chi connectivity index (χ0) is 16.0. The molecule has 1 aromatic carbocycles. The van der Waals surface area contributed by atoms with Crippen LogP contribution in [0.3, 0.4) is 0 Å². The molecule has 0 spiro atoms. The van der Waals surface area contributed by atoms with Crippen LogP contribution in [0.5, 0.6) is 0 Å². The van der Waals surface area contributed by atoms with Crippen molar-refractivity contribution in [1.82, 2.24) is 10.6 Å². The molecule has 0 radical (unpaired) electrons. The molecule has 2 rings (SSSR count). The molecule has 0 aromatic heterocycles. The van der Waals surface area contributed by atoms with Crippen molar-refractivity contribution < 1.29 is 9.59 Å². The SMILES string of the molecule is CCCCCNC(=O)C1(C(=O)NCc2cccc(C)c2)CC1. The van der Waals surface area contributed by atoms with E-state index < -0.39 is 5.41 Å². The van der Waals surface area contributed by atoms with Gasteiger partial charge in [0.1, 0.15) is 5.41 Å². The molecule has 1 fully saturated rings. The van der Waals surface area contributed by atoms with Gasteiger partial charge in [0.15, 0.2) is 0 Å². The zero-order valence-corrected chi connectivity index (χ0v) is 13.6. The number of unbranched alkanes of at least 4 members (excludes halogenated alkanes) is 2. The summed E-state index contributed by atoms with van der Waals surface area (Å²) in [7, 11) is 0. The molecule has 120 valence electrons. The van der Waals surface area contributed by atoms with Crippen LogP contribution < -0.4 is 10.6 Å². The number of rotatable bonds is 8. The second kappa shape index (κ2) is 7.43. The lowest BCUT2D eigenvalue weighted by atomic mass is 10.0. The first-order valence-electron chi connectivity index (χ1n) is 8.20. The van der Waals surface area contributed by atoms with E-state index in [2.05, 4.69) is 17.6 Å². The number of carbonyl (C=O) groups is 2. The summed E-state index contributed by atoms with van der Waals surface area (Å²) in [5.41, 5.74) is 1.42. The molecule has 22 heavy (non-hydrogen) atoms. The Morgan fingerprint density at radius 1 is 1.14 bits per heavy atom. The van der Waals surface area contributed by atoms with Gasteiger partial charge < -0.3 is 10.6 Å². The van der Waals surface area contributed by atoms with Crippen LogP contribution in [0, 0.1) is 12.3 Å².